The number of hydrogen-bond acceptors (Lipinski definition) is 4. The smallest absolute Gasteiger partial charge is 0.128 e. The number of aromatic nitrogens is 1. The van der Waals surface area contributed by atoms with Crippen molar-refractivity contribution in [3.63, 3.8) is 0 Å². The number of nitrogens with zero attached hydrogens (tertiary/aromatic N) is 3. The molecule has 1 unspecified atom stereocenters. The molecule has 4 nitrogen and oxygen atoms in total. The Morgan fingerprint density at radius 1 is 1.53 bits per heavy atom. The van der Waals surface area contributed by atoms with Crippen LogP contribution in [0.1, 0.15) is 26.3 Å². The average molecular weight is 231 g/mol. The van der Waals surface area contributed by atoms with Gasteiger partial charge < -0.3 is 9.64 Å². The Bertz CT molecular complexity index is 433. The van der Waals surface area contributed by atoms with Crippen LogP contribution in [0.5, 0.6) is 0 Å². The van der Waals surface area contributed by atoms with Crippen molar-refractivity contribution >= 4 is 5.82 Å². The molecule has 1 aliphatic rings. The molecule has 2 rings (SSSR count). The van der Waals surface area contributed by atoms with Crippen LogP contribution in [0.2, 0.25) is 0 Å². The van der Waals surface area contributed by atoms with Crippen molar-refractivity contribution < 1.29 is 4.74 Å². The van der Waals surface area contributed by atoms with Gasteiger partial charge in [0, 0.05) is 19.3 Å². The Labute approximate surface area is 102 Å². The lowest BCUT2D eigenvalue weighted by molar-refractivity contribution is -0.0751. The van der Waals surface area contributed by atoms with Gasteiger partial charge in [0.05, 0.1) is 17.3 Å². The summed E-state index contributed by atoms with van der Waals surface area (Å²) in [4.78, 5) is 6.52. The van der Waals surface area contributed by atoms with E-state index in [4.69, 9.17) is 10.00 Å². The summed E-state index contributed by atoms with van der Waals surface area (Å²) in [5, 5.41) is 8.74. The Morgan fingerprint density at radius 2 is 2.29 bits per heavy atom. The minimum atomic E-state index is -0.159. The first kappa shape index (κ1) is 11.9. The van der Waals surface area contributed by atoms with Gasteiger partial charge >= 0.3 is 0 Å². The van der Waals surface area contributed by atoms with Crippen LogP contribution in [-0.2, 0) is 4.74 Å². The molecule has 0 saturated carbocycles. The minimum Gasteiger partial charge on any atom is -0.369 e. The SMILES string of the molecule is CC1CN(c2ccc(C#N)cn2)CC(C)(C)O1. The second-order valence-corrected chi connectivity index (χ2v) is 5.09. The van der Waals surface area contributed by atoms with Gasteiger partial charge in [0.1, 0.15) is 11.9 Å². The summed E-state index contributed by atoms with van der Waals surface area (Å²) in [6.07, 6.45) is 1.80. The van der Waals surface area contributed by atoms with Crippen molar-refractivity contribution in [1.82, 2.24) is 4.98 Å². The molecule has 0 amide bonds. The molecule has 1 aromatic heterocycles. The summed E-state index contributed by atoms with van der Waals surface area (Å²) in [5.74, 6) is 0.909. The maximum atomic E-state index is 8.74. The standard InChI is InChI=1S/C13H17N3O/c1-10-8-16(9-13(2,3)17-10)12-5-4-11(6-14)7-15-12/h4-5,7,10H,8-9H2,1-3H3. The van der Waals surface area contributed by atoms with E-state index in [1.54, 1.807) is 12.3 Å². The zero-order valence-corrected chi connectivity index (χ0v) is 10.5. The molecule has 1 fully saturated rings. The molecule has 1 atom stereocenters. The molecular weight excluding hydrogens is 214 g/mol. The highest BCUT2D eigenvalue weighted by Gasteiger charge is 2.31. The van der Waals surface area contributed by atoms with E-state index >= 15 is 0 Å². The molecule has 1 aliphatic heterocycles. The van der Waals surface area contributed by atoms with Crippen molar-refractivity contribution in [1.29, 1.82) is 5.26 Å². The molecule has 4 heteroatoms. The molecule has 0 aliphatic carbocycles. The van der Waals surface area contributed by atoms with Crippen molar-refractivity contribution in [3.05, 3.63) is 23.9 Å². The van der Waals surface area contributed by atoms with Crippen LogP contribution >= 0.6 is 0 Å². The van der Waals surface area contributed by atoms with Gasteiger partial charge in [0.15, 0.2) is 0 Å². The van der Waals surface area contributed by atoms with E-state index in [2.05, 4.69) is 36.7 Å². The summed E-state index contributed by atoms with van der Waals surface area (Å²) in [6, 6.07) is 5.77. The topological polar surface area (TPSA) is 49.2 Å². The molecule has 17 heavy (non-hydrogen) atoms. The van der Waals surface area contributed by atoms with Crippen LogP contribution in [0.4, 0.5) is 5.82 Å². The molecule has 0 radical (unpaired) electrons. The lowest BCUT2D eigenvalue weighted by Crippen LogP contribution is -2.52. The first-order chi connectivity index (χ1) is 8.00. The molecular formula is C13H17N3O. The highest BCUT2D eigenvalue weighted by molar-refractivity contribution is 5.42. The maximum Gasteiger partial charge on any atom is 0.128 e. The monoisotopic (exact) mass is 231 g/mol. The van der Waals surface area contributed by atoms with E-state index in [1.807, 2.05) is 6.07 Å². The Hall–Kier alpha value is -1.60. The molecule has 0 spiro atoms. The molecule has 90 valence electrons. The molecule has 0 aromatic carbocycles. The summed E-state index contributed by atoms with van der Waals surface area (Å²) >= 11 is 0. The Balaban J connectivity index is 2.18. The summed E-state index contributed by atoms with van der Waals surface area (Å²) in [6.45, 7) is 7.88. The third kappa shape index (κ3) is 2.75. The first-order valence-electron chi connectivity index (χ1n) is 5.79. The van der Waals surface area contributed by atoms with Crippen molar-refractivity contribution in [2.24, 2.45) is 0 Å². The fourth-order valence-corrected chi connectivity index (χ4v) is 2.27. The second kappa shape index (κ2) is 4.34. The van der Waals surface area contributed by atoms with Gasteiger partial charge in [-0.05, 0) is 32.9 Å². The van der Waals surface area contributed by atoms with Gasteiger partial charge in [-0.25, -0.2) is 4.98 Å². The molecule has 1 aromatic rings. The third-order valence-corrected chi connectivity index (χ3v) is 2.77. The van der Waals surface area contributed by atoms with Crippen LogP contribution in [0.25, 0.3) is 0 Å². The van der Waals surface area contributed by atoms with E-state index in [0.29, 0.717) is 5.56 Å². The van der Waals surface area contributed by atoms with Crippen LogP contribution in [-0.4, -0.2) is 29.8 Å². The van der Waals surface area contributed by atoms with E-state index in [9.17, 15) is 0 Å². The number of morpholine rings is 1. The quantitative estimate of drug-likeness (QED) is 0.741. The number of pyridine rings is 1. The largest absolute Gasteiger partial charge is 0.369 e. The highest BCUT2D eigenvalue weighted by Crippen LogP contribution is 2.24. The normalized spacial score (nSPS) is 23.2. The minimum absolute atomic E-state index is 0.159. The highest BCUT2D eigenvalue weighted by atomic mass is 16.5. The van der Waals surface area contributed by atoms with Gasteiger partial charge in [-0.2, -0.15) is 5.26 Å². The average Bonchev–Trinajstić information content (AvgIpc) is 2.26. The molecule has 0 N–H and O–H groups in total. The summed E-state index contributed by atoms with van der Waals surface area (Å²) in [7, 11) is 0. The second-order valence-electron chi connectivity index (χ2n) is 5.09. The zero-order valence-electron chi connectivity index (χ0n) is 10.5. The van der Waals surface area contributed by atoms with Gasteiger partial charge in [0.25, 0.3) is 0 Å². The first-order valence-corrected chi connectivity index (χ1v) is 5.79. The number of nitriles is 1. The predicted octanol–water partition coefficient (Wildman–Crippen LogP) is 1.96. The lowest BCUT2D eigenvalue weighted by atomic mass is 10.1. The molecule has 1 saturated heterocycles. The predicted molar refractivity (Wildman–Crippen MR) is 65.8 cm³/mol. The van der Waals surface area contributed by atoms with Crippen molar-refractivity contribution in [3.8, 4) is 6.07 Å². The van der Waals surface area contributed by atoms with E-state index in [-0.39, 0.29) is 11.7 Å². The summed E-state index contributed by atoms with van der Waals surface area (Å²) in [5.41, 5.74) is 0.432. The fourth-order valence-electron chi connectivity index (χ4n) is 2.27. The van der Waals surface area contributed by atoms with Gasteiger partial charge in [0.2, 0.25) is 0 Å². The van der Waals surface area contributed by atoms with Crippen LogP contribution < -0.4 is 4.90 Å². The molecule has 2 heterocycles. The Kier molecular flexibility index (Phi) is 3.03. The van der Waals surface area contributed by atoms with Gasteiger partial charge in [-0.1, -0.05) is 0 Å². The van der Waals surface area contributed by atoms with Crippen LogP contribution in [0.3, 0.4) is 0 Å². The number of rotatable bonds is 1. The van der Waals surface area contributed by atoms with E-state index in [1.165, 1.54) is 0 Å². The Morgan fingerprint density at radius 3 is 2.82 bits per heavy atom. The van der Waals surface area contributed by atoms with E-state index in [0.717, 1.165) is 18.9 Å². The maximum absolute atomic E-state index is 8.74. The van der Waals surface area contributed by atoms with Gasteiger partial charge in [-0.3, -0.25) is 0 Å². The summed E-state index contributed by atoms with van der Waals surface area (Å²) < 4.78 is 5.85. The van der Waals surface area contributed by atoms with Crippen LogP contribution in [0, 0.1) is 11.3 Å². The van der Waals surface area contributed by atoms with Gasteiger partial charge in [-0.15, -0.1) is 0 Å². The van der Waals surface area contributed by atoms with E-state index < -0.39 is 0 Å². The lowest BCUT2D eigenvalue weighted by Gasteiger charge is -2.42. The number of anilines is 1. The van der Waals surface area contributed by atoms with Crippen LogP contribution in [0.15, 0.2) is 18.3 Å². The van der Waals surface area contributed by atoms with Crippen molar-refractivity contribution in [2.45, 2.75) is 32.5 Å². The third-order valence-electron chi connectivity index (χ3n) is 2.77. The van der Waals surface area contributed by atoms with Crippen molar-refractivity contribution in [2.75, 3.05) is 18.0 Å². The molecule has 0 bridgehead atoms. The number of ether oxygens (including phenoxy) is 1. The zero-order chi connectivity index (χ0) is 12.5. The fraction of sp³-hybridized carbons (Fsp3) is 0.538. The number of hydrogen-bond donors (Lipinski definition) is 0.